The third kappa shape index (κ3) is 10.5. The van der Waals surface area contributed by atoms with Crippen LogP contribution in [-0.4, -0.2) is 24.5 Å². The average Bonchev–Trinajstić information content (AvgIpc) is 2.70. The molecule has 0 aliphatic carbocycles. The monoisotopic (exact) mass is 551 g/mol. The Morgan fingerprint density at radius 3 is 1.35 bits per heavy atom. The van der Waals surface area contributed by atoms with Crippen LogP contribution in [0, 0.1) is 0 Å². The summed E-state index contributed by atoms with van der Waals surface area (Å²) in [5.74, 6) is -0.457. The number of nitrogens with zero attached hydrogens (tertiary/aromatic N) is 2. The van der Waals surface area contributed by atoms with Gasteiger partial charge in [0.1, 0.15) is 0 Å². The fourth-order valence-corrected chi connectivity index (χ4v) is 3.00. The summed E-state index contributed by atoms with van der Waals surface area (Å²) in [6.07, 6.45) is 4.93. The zero-order valence-electron chi connectivity index (χ0n) is 17.6. The third-order valence-electron chi connectivity index (χ3n) is 4.19. The van der Waals surface area contributed by atoms with Crippen LogP contribution in [0.4, 0.5) is 0 Å². The molecule has 173 valence electrons. The van der Waals surface area contributed by atoms with E-state index >= 15 is 0 Å². The molecule has 0 aromatic heterocycles. The zero-order chi connectivity index (χ0) is 22.8. The van der Waals surface area contributed by atoms with Crippen molar-refractivity contribution < 1.29 is 27.3 Å². The third-order valence-corrected chi connectivity index (χ3v) is 5.19. The van der Waals surface area contributed by atoms with E-state index in [1.807, 2.05) is 27.7 Å². The molecule has 0 heterocycles. The van der Waals surface area contributed by atoms with E-state index in [0.29, 0.717) is 21.2 Å². The van der Waals surface area contributed by atoms with Crippen molar-refractivity contribution in [2.24, 2.45) is 9.98 Å². The molecule has 2 rings (SSSR count). The van der Waals surface area contributed by atoms with E-state index in [1.165, 1.54) is 24.6 Å². The van der Waals surface area contributed by atoms with Crippen LogP contribution in [0.15, 0.2) is 34.3 Å². The van der Waals surface area contributed by atoms with Crippen LogP contribution in [0.25, 0.3) is 0 Å². The molecule has 1 radical (unpaired) electrons. The van der Waals surface area contributed by atoms with Crippen LogP contribution in [0.2, 0.25) is 20.1 Å². The maximum absolute atomic E-state index is 11.5. The minimum Gasteiger partial charge on any atom is -0.871 e. The first-order valence-corrected chi connectivity index (χ1v) is 11.0. The molecule has 2 aromatic rings. The Labute approximate surface area is 214 Å². The molecule has 0 fully saturated rings. The van der Waals surface area contributed by atoms with Gasteiger partial charge < -0.3 is 10.2 Å². The molecule has 0 aliphatic rings. The summed E-state index contributed by atoms with van der Waals surface area (Å²) < 4.78 is 0. The molecule has 9 heteroatoms. The van der Waals surface area contributed by atoms with Gasteiger partial charge in [-0.3, -0.25) is 9.98 Å². The molecule has 2 atom stereocenters. The largest absolute Gasteiger partial charge is 2.00 e. The van der Waals surface area contributed by atoms with Gasteiger partial charge in [0.25, 0.3) is 0 Å². The zero-order valence-corrected chi connectivity index (χ0v) is 21.5. The summed E-state index contributed by atoms with van der Waals surface area (Å²) in [7, 11) is 0. The van der Waals surface area contributed by atoms with Gasteiger partial charge in [0.05, 0.1) is 0 Å². The molecule has 0 amide bonds. The fourth-order valence-electron chi connectivity index (χ4n) is 1.98. The molecule has 0 bridgehead atoms. The molecule has 0 unspecified atom stereocenters. The Kier molecular flexibility index (Phi) is 14.5. The predicted octanol–water partition coefficient (Wildman–Crippen LogP) is 6.57. The van der Waals surface area contributed by atoms with Crippen molar-refractivity contribution >= 4 is 58.8 Å². The molecular formula is C22H24Cl4CuN2O2. The van der Waals surface area contributed by atoms with E-state index in [2.05, 4.69) is 9.98 Å². The van der Waals surface area contributed by atoms with Gasteiger partial charge in [-0.15, -0.1) is 0 Å². The Bertz CT molecular complexity index is 834. The number of rotatable bonds is 6. The van der Waals surface area contributed by atoms with Crippen LogP contribution in [0.3, 0.4) is 0 Å². The minimum absolute atomic E-state index is 0. The second-order valence-electron chi connectivity index (χ2n) is 6.68. The quantitative estimate of drug-likeness (QED) is 0.300. The summed E-state index contributed by atoms with van der Waals surface area (Å²) in [5, 5.41) is 24.2. The Morgan fingerprint density at radius 1 is 0.742 bits per heavy atom. The first kappa shape index (κ1) is 30.1. The van der Waals surface area contributed by atoms with Gasteiger partial charge in [-0.05, 0) is 62.1 Å². The smallest absolute Gasteiger partial charge is 0.871 e. The Hall–Kier alpha value is -0.941. The van der Waals surface area contributed by atoms with Gasteiger partial charge in [-0.25, -0.2) is 0 Å². The van der Waals surface area contributed by atoms with Gasteiger partial charge in [0.15, 0.2) is 0 Å². The first-order valence-electron chi connectivity index (χ1n) is 9.47. The first-order chi connectivity index (χ1) is 14.1. The van der Waals surface area contributed by atoms with Crippen molar-refractivity contribution in [3.8, 4) is 11.5 Å². The second-order valence-corrected chi connectivity index (χ2v) is 8.37. The maximum Gasteiger partial charge on any atom is 2.00 e. The van der Waals surface area contributed by atoms with Gasteiger partial charge >= 0.3 is 17.1 Å². The van der Waals surface area contributed by atoms with Gasteiger partial charge in [0, 0.05) is 44.6 Å². The van der Waals surface area contributed by atoms with Crippen molar-refractivity contribution in [1.82, 2.24) is 0 Å². The second kappa shape index (κ2) is 15.0. The number of benzene rings is 2. The topological polar surface area (TPSA) is 70.8 Å². The summed E-state index contributed by atoms with van der Waals surface area (Å²) in [5.41, 5.74) is 0.876. The molecule has 31 heavy (non-hydrogen) atoms. The molecule has 0 spiro atoms. The van der Waals surface area contributed by atoms with Crippen molar-refractivity contribution in [3.63, 3.8) is 0 Å². The van der Waals surface area contributed by atoms with E-state index in [-0.39, 0.29) is 50.7 Å². The van der Waals surface area contributed by atoms with Crippen LogP contribution in [0.5, 0.6) is 11.5 Å². The minimum atomic E-state index is -0.229. The van der Waals surface area contributed by atoms with Crippen molar-refractivity contribution in [1.29, 1.82) is 0 Å². The van der Waals surface area contributed by atoms with Gasteiger partial charge in [-0.1, -0.05) is 71.8 Å². The maximum atomic E-state index is 11.5. The standard InChI is InChI=1S/2C11H13Cl2NO.Cu/c2*1-3-7(2)14-6-8-4-9(12)5-10(13)11(8)15;/h2*4-7,15H,3H2,1-2H3;/q;;+2/p-2/t2*7-;/m00./s1. The summed E-state index contributed by atoms with van der Waals surface area (Å²) in [4.78, 5) is 8.43. The summed E-state index contributed by atoms with van der Waals surface area (Å²) in [6, 6.07) is 6.41. The SMILES string of the molecule is CC[C@H](C)N=Cc1cc(Cl)cc(Cl)c1[O-].CC[C@H](C)N=Cc1cc(Cl)cc(Cl)c1[O-].[Cu+2]. The van der Waals surface area contributed by atoms with Crippen molar-refractivity contribution in [2.75, 3.05) is 0 Å². The number of hydrogen-bond acceptors (Lipinski definition) is 4. The normalized spacial score (nSPS) is 12.9. The van der Waals surface area contributed by atoms with E-state index in [4.69, 9.17) is 46.4 Å². The van der Waals surface area contributed by atoms with Gasteiger partial charge in [-0.2, -0.15) is 0 Å². The van der Waals surface area contributed by atoms with Crippen molar-refractivity contribution in [3.05, 3.63) is 55.5 Å². The average molecular weight is 554 g/mol. The van der Waals surface area contributed by atoms with E-state index in [1.54, 1.807) is 12.1 Å². The predicted molar refractivity (Wildman–Crippen MR) is 127 cm³/mol. The number of aliphatic imine (C=N–C) groups is 2. The summed E-state index contributed by atoms with van der Waals surface area (Å²) in [6.45, 7) is 8.02. The van der Waals surface area contributed by atoms with Crippen LogP contribution in [-0.2, 0) is 17.1 Å². The molecule has 0 N–H and O–H groups in total. The Morgan fingerprint density at radius 2 is 1.06 bits per heavy atom. The van der Waals surface area contributed by atoms with E-state index in [0.717, 1.165) is 12.8 Å². The number of halogens is 4. The molecule has 0 aliphatic heterocycles. The molecule has 0 saturated carbocycles. The van der Waals surface area contributed by atoms with Gasteiger partial charge in [0.2, 0.25) is 0 Å². The summed E-state index contributed by atoms with van der Waals surface area (Å²) >= 11 is 23.0. The van der Waals surface area contributed by atoms with E-state index in [9.17, 15) is 10.2 Å². The fraction of sp³-hybridized carbons (Fsp3) is 0.364. The van der Waals surface area contributed by atoms with Crippen LogP contribution >= 0.6 is 46.4 Å². The van der Waals surface area contributed by atoms with Crippen LogP contribution < -0.4 is 10.2 Å². The van der Waals surface area contributed by atoms with E-state index < -0.39 is 0 Å². The molecule has 4 nitrogen and oxygen atoms in total. The Balaban J connectivity index is 0.000000562. The molecule has 0 saturated heterocycles. The van der Waals surface area contributed by atoms with Crippen LogP contribution in [0.1, 0.15) is 51.7 Å². The molecular weight excluding hydrogens is 530 g/mol. The molecule has 2 aromatic carbocycles. The van der Waals surface area contributed by atoms with Crippen molar-refractivity contribution in [2.45, 2.75) is 52.6 Å². The number of hydrogen-bond donors (Lipinski definition) is 0.